The molecule has 0 fully saturated rings. The van der Waals surface area contributed by atoms with Crippen molar-refractivity contribution < 1.29 is 13.9 Å². The summed E-state index contributed by atoms with van der Waals surface area (Å²) in [5.41, 5.74) is 4.64. The summed E-state index contributed by atoms with van der Waals surface area (Å²) in [5.74, 6) is -0.908. The normalized spacial score (nSPS) is 15.2. The molecule has 0 bridgehead atoms. The third kappa shape index (κ3) is 7.99. The van der Waals surface area contributed by atoms with Crippen LogP contribution in [0.4, 0.5) is 4.39 Å². The molecule has 2 rings (SSSR count). The van der Waals surface area contributed by atoms with E-state index in [1.54, 1.807) is 19.3 Å². The average molecular weight is 505 g/mol. The molecule has 0 radical (unpaired) electrons. The molecular formula is C26H34BrFN2O2. The Morgan fingerprint density at radius 2 is 2.06 bits per heavy atom. The molecule has 0 N–H and O–H groups in total. The molecule has 0 saturated heterocycles. The number of rotatable bonds is 7. The maximum atomic E-state index is 14.7. The minimum Gasteiger partial charge on any atom is -0.465 e. The molecule has 1 aliphatic heterocycles. The van der Waals surface area contributed by atoms with Crippen LogP contribution < -0.4 is 0 Å². The quantitative estimate of drug-likeness (QED) is 0.241. The molecule has 0 atom stereocenters. The topological polar surface area (TPSA) is 41.9 Å². The molecule has 0 spiro atoms. The number of carbonyl (C=O) groups excluding carboxylic acids is 1. The van der Waals surface area contributed by atoms with Gasteiger partial charge in [0.25, 0.3) is 0 Å². The van der Waals surface area contributed by atoms with Gasteiger partial charge in [-0.1, -0.05) is 54.1 Å². The fourth-order valence-corrected chi connectivity index (χ4v) is 3.71. The standard InChI is InChI=1S/C24H28BrFN2O2.C2H6/c1-16(12-17(2)21(25)6-9-27-4)15-28-10-7-19(8-11-28)23-18(3)13-20(14-22(23)26)24(29)30-5;1-2/h6-7,9,12-14H,2,8,10-11,15H2,1,3-5H3;1-2H3/b16-12+,21-6+,27-9?;. The molecule has 1 aromatic carbocycles. The van der Waals surface area contributed by atoms with Crippen LogP contribution in [-0.4, -0.2) is 50.9 Å². The number of nitrogens with zero attached hydrogens (tertiary/aromatic N) is 2. The summed E-state index contributed by atoms with van der Waals surface area (Å²) in [6, 6.07) is 2.94. The lowest BCUT2D eigenvalue weighted by Crippen LogP contribution is -2.30. The largest absolute Gasteiger partial charge is 0.465 e. The summed E-state index contributed by atoms with van der Waals surface area (Å²) < 4.78 is 20.3. The van der Waals surface area contributed by atoms with Crippen molar-refractivity contribution >= 4 is 33.7 Å². The smallest absolute Gasteiger partial charge is 0.337 e. The lowest BCUT2D eigenvalue weighted by Gasteiger charge is -2.27. The lowest BCUT2D eigenvalue weighted by atomic mass is 9.93. The van der Waals surface area contributed by atoms with Crippen molar-refractivity contribution in [3.8, 4) is 0 Å². The van der Waals surface area contributed by atoms with E-state index in [9.17, 15) is 9.18 Å². The van der Waals surface area contributed by atoms with Crippen molar-refractivity contribution in [2.45, 2.75) is 34.1 Å². The van der Waals surface area contributed by atoms with Gasteiger partial charge in [-0.15, -0.1) is 0 Å². The van der Waals surface area contributed by atoms with Gasteiger partial charge < -0.3 is 4.74 Å². The van der Waals surface area contributed by atoms with Crippen molar-refractivity contribution in [1.29, 1.82) is 0 Å². The van der Waals surface area contributed by atoms with Crippen LogP contribution in [-0.2, 0) is 4.74 Å². The zero-order valence-electron chi connectivity index (χ0n) is 20.0. The molecule has 0 aliphatic carbocycles. The zero-order valence-corrected chi connectivity index (χ0v) is 21.6. The van der Waals surface area contributed by atoms with Crippen LogP contribution in [0.3, 0.4) is 0 Å². The number of benzene rings is 1. The first kappa shape index (κ1) is 27.7. The number of ether oxygens (including phenoxy) is 1. The molecule has 174 valence electrons. The number of hydrogen-bond acceptors (Lipinski definition) is 4. The van der Waals surface area contributed by atoms with Gasteiger partial charge in [0, 0.05) is 42.9 Å². The molecule has 4 nitrogen and oxygen atoms in total. The van der Waals surface area contributed by atoms with Gasteiger partial charge in [0.15, 0.2) is 0 Å². The second kappa shape index (κ2) is 14.0. The van der Waals surface area contributed by atoms with Crippen molar-refractivity contribution in [3.05, 3.63) is 75.1 Å². The molecule has 0 aromatic heterocycles. The van der Waals surface area contributed by atoms with E-state index in [1.807, 2.05) is 26.8 Å². The Morgan fingerprint density at radius 3 is 2.59 bits per heavy atom. The van der Waals surface area contributed by atoms with Crippen LogP contribution in [0, 0.1) is 12.7 Å². The maximum Gasteiger partial charge on any atom is 0.337 e. The fourth-order valence-electron chi connectivity index (χ4n) is 3.48. The van der Waals surface area contributed by atoms with Crippen LogP contribution in [0.2, 0.25) is 0 Å². The van der Waals surface area contributed by atoms with Crippen molar-refractivity contribution in [2.24, 2.45) is 4.99 Å². The molecule has 1 aromatic rings. The van der Waals surface area contributed by atoms with E-state index < -0.39 is 5.97 Å². The van der Waals surface area contributed by atoms with Crippen molar-refractivity contribution in [2.75, 3.05) is 33.8 Å². The van der Waals surface area contributed by atoms with Gasteiger partial charge in [0.05, 0.1) is 12.7 Å². The Bertz CT molecular complexity index is 922. The number of esters is 1. The van der Waals surface area contributed by atoms with Gasteiger partial charge in [-0.3, -0.25) is 9.89 Å². The highest BCUT2D eigenvalue weighted by Crippen LogP contribution is 2.29. The minimum atomic E-state index is -0.528. The molecule has 0 saturated carbocycles. The number of aryl methyl sites for hydroxylation is 1. The first-order valence-corrected chi connectivity index (χ1v) is 11.5. The maximum absolute atomic E-state index is 14.7. The molecule has 32 heavy (non-hydrogen) atoms. The van der Waals surface area contributed by atoms with Crippen molar-refractivity contribution in [1.82, 2.24) is 4.90 Å². The van der Waals surface area contributed by atoms with E-state index in [-0.39, 0.29) is 11.4 Å². The highest BCUT2D eigenvalue weighted by atomic mass is 79.9. The number of allylic oxidation sites excluding steroid dienone is 4. The number of carbonyl (C=O) groups is 1. The summed E-state index contributed by atoms with van der Waals surface area (Å²) in [7, 11) is 3.02. The van der Waals surface area contributed by atoms with Crippen LogP contribution in [0.5, 0.6) is 0 Å². The van der Waals surface area contributed by atoms with Crippen LogP contribution in [0.1, 0.15) is 48.7 Å². The van der Waals surface area contributed by atoms with E-state index in [2.05, 4.69) is 51.5 Å². The van der Waals surface area contributed by atoms with Crippen LogP contribution >= 0.6 is 15.9 Å². The fraction of sp³-hybridized carbons (Fsp3) is 0.385. The Kier molecular flexibility index (Phi) is 12.1. The zero-order chi connectivity index (χ0) is 24.3. The second-order valence-corrected chi connectivity index (χ2v) is 8.15. The highest BCUT2D eigenvalue weighted by molar-refractivity contribution is 9.12. The van der Waals surface area contributed by atoms with E-state index in [0.717, 1.165) is 47.2 Å². The third-order valence-electron chi connectivity index (χ3n) is 4.89. The number of methoxy groups -OCH3 is 1. The summed E-state index contributed by atoms with van der Waals surface area (Å²) >= 11 is 3.50. The number of aliphatic imine (C=N–C) groups is 1. The lowest BCUT2D eigenvalue weighted by molar-refractivity contribution is 0.0600. The first-order valence-electron chi connectivity index (χ1n) is 10.7. The number of halogens is 2. The van der Waals surface area contributed by atoms with Crippen LogP contribution in [0.15, 0.2) is 57.6 Å². The molecule has 6 heteroatoms. The summed E-state index contributed by atoms with van der Waals surface area (Å²) in [4.78, 5) is 17.9. The minimum absolute atomic E-state index is 0.237. The second-order valence-electron chi connectivity index (χ2n) is 7.29. The van der Waals surface area contributed by atoms with Gasteiger partial charge in [-0.25, -0.2) is 9.18 Å². The molecule has 1 aliphatic rings. The monoisotopic (exact) mass is 504 g/mol. The van der Waals surface area contributed by atoms with Gasteiger partial charge in [-0.2, -0.15) is 0 Å². The van der Waals surface area contributed by atoms with E-state index in [1.165, 1.54) is 18.7 Å². The first-order chi connectivity index (χ1) is 15.3. The average Bonchev–Trinajstić information content (AvgIpc) is 2.78. The Morgan fingerprint density at radius 1 is 1.38 bits per heavy atom. The Hall–Kier alpha value is -2.31. The highest BCUT2D eigenvalue weighted by Gasteiger charge is 2.19. The Labute approximate surface area is 200 Å². The summed E-state index contributed by atoms with van der Waals surface area (Å²) in [6.45, 7) is 14.4. The van der Waals surface area contributed by atoms with Gasteiger partial charge in [-0.05, 0) is 55.2 Å². The SMILES string of the molecule is C=C(/C=C(\C)CN1CC=C(c2c(C)cc(C(=O)OC)cc2F)CC1)/C(Br)=C\C=NC.CC. The molecule has 0 unspecified atom stereocenters. The van der Waals surface area contributed by atoms with Gasteiger partial charge >= 0.3 is 5.97 Å². The summed E-state index contributed by atoms with van der Waals surface area (Å²) in [6.07, 6.45) is 8.46. The predicted molar refractivity (Wildman–Crippen MR) is 137 cm³/mol. The molecule has 1 heterocycles. The molecule has 0 amide bonds. The Balaban J connectivity index is 0.00000249. The molecular weight excluding hydrogens is 471 g/mol. The predicted octanol–water partition coefficient (Wildman–Crippen LogP) is 6.52. The number of hydrogen-bond donors (Lipinski definition) is 0. The summed E-state index contributed by atoms with van der Waals surface area (Å²) in [5, 5.41) is 0. The van der Waals surface area contributed by atoms with Crippen LogP contribution in [0.25, 0.3) is 5.57 Å². The van der Waals surface area contributed by atoms with E-state index in [4.69, 9.17) is 4.74 Å². The van der Waals surface area contributed by atoms with E-state index >= 15 is 0 Å². The van der Waals surface area contributed by atoms with E-state index in [0.29, 0.717) is 5.56 Å². The van der Waals surface area contributed by atoms with Gasteiger partial charge in [0.2, 0.25) is 0 Å². The third-order valence-corrected chi connectivity index (χ3v) is 5.67. The van der Waals surface area contributed by atoms with Gasteiger partial charge in [0.1, 0.15) is 5.82 Å². The van der Waals surface area contributed by atoms with Crippen molar-refractivity contribution in [3.63, 3.8) is 0 Å².